The molecule has 0 N–H and O–H groups in total. The highest BCUT2D eigenvalue weighted by Gasteiger charge is 2.21. The number of hydrogen-bond acceptors (Lipinski definition) is 6. The molecule has 0 radical (unpaired) electrons. The van der Waals surface area contributed by atoms with E-state index >= 15 is 0 Å². The fourth-order valence-electron chi connectivity index (χ4n) is 2.95. The van der Waals surface area contributed by atoms with E-state index in [9.17, 15) is 10.1 Å². The summed E-state index contributed by atoms with van der Waals surface area (Å²) in [5, 5.41) is 9.44. The van der Waals surface area contributed by atoms with Crippen molar-refractivity contribution < 1.29 is 18.6 Å². The molecule has 0 heterocycles. The predicted octanol–water partition coefficient (Wildman–Crippen LogP) is 4.96. The molecule has 1 aliphatic carbocycles. The summed E-state index contributed by atoms with van der Waals surface area (Å²) in [6.07, 6.45) is 5.12. The molecule has 1 fully saturated rings. The molecule has 1 aromatic carbocycles. The monoisotopic (exact) mass is 427 g/mol. The first-order chi connectivity index (χ1) is 12.9. The van der Waals surface area contributed by atoms with Crippen molar-refractivity contribution in [2.24, 2.45) is 5.92 Å². The summed E-state index contributed by atoms with van der Waals surface area (Å²) in [5.74, 6) is 0.242. The van der Waals surface area contributed by atoms with Crippen LogP contribution < -0.4 is 0 Å². The predicted molar refractivity (Wildman–Crippen MR) is 113 cm³/mol. The Morgan fingerprint density at radius 2 is 2.11 bits per heavy atom. The molecule has 8 heteroatoms. The average molecular weight is 428 g/mol. The van der Waals surface area contributed by atoms with Gasteiger partial charge in [0.25, 0.3) is 0 Å². The number of aryl methyl sites for hydroxylation is 1. The molecule has 1 aromatic rings. The number of nitrogens with zero attached hydrogens (tertiary/aromatic N) is 1. The van der Waals surface area contributed by atoms with E-state index < -0.39 is 11.7 Å². The highest BCUT2D eigenvalue weighted by molar-refractivity contribution is 8.60. The van der Waals surface area contributed by atoms with Crippen LogP contribution in [0.25, 0.3) is 0 Å². The minimum absolute atomic E-state index is 0.208. The number of hydrogen-bond donors (Lipinski definition) is 1. The van der Waals surface area contributed by atoms with Crippen LogP contribution >= 0.6 is 17.9 Å². The van der Waals surface area contributed by atoms with Crippen LogP contribution in [0, 0.1) is 24.2 Å². The minimum atomic E-state index is -2.50. The number of benzene rings is 1. The Bertz CT molecular complexity index is 759. The quantitative estimate of drug-likeness (QED) is 0.246. The average Bonchev–Trinajstić information content (AvgIpc) is 2.57. The lowest BCUT2D eigenvalue weighted by atomic mass is 9.79. The molecular weight excluding hydrogens is 401 g/mol. The van der Waals surface area contributed by atoms with E-state index in [1.807, 2.05) is 19.9 Å². The Hall–Kier alpha value is -0.900. The highest BCUT2D eigenvalue weighted by Crippen LogP contribution is 2.53. The zero-order chi connectivity index (χ0) is 19.9. The third-order valence-electron chi connectivity index (χ3n) is 4.59. The zero-order valence-electron chi connectivity index (χ0n) is 15.8. The number of ether oxygens (including phenoxy) is 1. The van der Waals surface area contributed by atoms with Crippen LogP contribution in [0.3, 0.4) is 0 Å². The fraction of sp³-hybridized carbons (Fsp3) is 0.579. The number of thiol groups is 1. The van der Waals surface area contributed by atoms with Crippen LogP contribution in [0.2, 0.25) is 0 Å². The zero-order valence-corrected chi connectivity index (χ0v) is 18.4. The molecule has 0 spiro atoms. The molecule has 0 saturated heterocycles. The van der Waals surface area contributed by atoms with Gasteiger partial charge >= 0.3 is 5.97 Å². The molecule has 5 nitrogen and oxygen atoms in total. The summed E-state index contributed by atoms with van der Waals surface area (Å²) in [6, 6.07) is 5.83. The largest absolute Gasteiger partial charge is 0.462 e. The molecule has 27 heavy (non-hydrogen) atoms. The molecule has 0 amide bonds. The maximum atomic E-state index is 12.4. The fourth-order valence-corrected chi connectivity index (χ4v) is 4.84. The van der Waals surface area contributed by atoms with Gasteiger partial charge in [-0.05, 0) is 55.2 Å². The smallest absolute Gasteiger partial charge is 0.338 e. The lowest BCUT2D eigenvalue weighted by molar-refractivity contribution is 0.0485. The van der Waals surface area contributed by atoms with Gasteiger partial charge < -0.3 is 13.8 Å². The Labute approximate surface area is 171 Å². The number of nitriles is 1. The van der Waals surface area contributed by atoms with Gasteiger partial charge in [0, 0.05) is 6.42 Å². The van der Waals surface area contributed by atoms with Crippen LogP contribution in [-0.2, 0) is 32.0 Å². The van der Waals surface area contributed by atoms with Crippen LogP contribution in [0.15, 0.2) is 12.1 Å². The van der Waals surface area contributed by atoms with E-state index in [4.69, 9.17) is 25.6 Å². The van der Waals surface area contributed by atoms with E-state index in [1.165, 1.54) is 19.3 Å². The van der Waals surface area contributed by atoms with Crippen molar-refractivity contribution in [1.29, 1.82) is 5.26 Å². The topological polar surface area (TPSA) is 68.6 Å². The van der Waals surface area contributed by atoms with Gasteiger partial charge in [0.1, 0.15) is 0 Å². The Morgan fingerprint density at radius 1 is 1.37 bits per heavy atom. The molecule has 1 unspecified atom stereocenters. The van der Waals surface area contributed by atoms with Gasteiger partial charge in [-0.3, -0.25) is 0 Å². The van der Waals surface area contributed by atoms with E-state index in [1.54, 1.807) is 6.07 Å². The Balaban J connectivity index is 1.88. The van der Waals surface area contributed by atoms with Gasteiger partial charge in [-0.1, -0.05) is 37.6 Å². The SMILES string of the molecule is CCOP(=S)(S)OCCCOC(=O)c1cc(C#N)c(CC2CCC2)cc1C. The van der Waals surface area contributed by atoms with Crippen molar-refractivity contribution in [3.8, 4) is 6.07 Å². The molecule has 0 aromatic heterocycles. The van der Waals surface area contributed by atoms with E-state index in [2.05, 4.69) is 18.3 Å². The van der Waals surface area contributed by atoms with Crippen molar-refractivity contribution in [3.05, 3.63) is 34.4 Å². The summed E-state index contributed by atoms with van der Waals surface area (Å²) in [5.41, 5.74) is 0.378. The summed E-state index contributed by atoms with van der Waals surface area (Å²) >= 11 is 9.30. The van der Waals surface area contributed by atoms with Crippen molar-refractivity contribution in [2.45, 2.75) is 46.0 Å². The summed E-state index contributed by atoms with van der Waals surface area (Å²) < 4.78 is 16.0. The number of rotatable bonds is 10. The number of carbonyl (C=O) groups excluding carboxylic acids is 1. The highest BCUT2D eigenvalue weighted by atomic mass is 32.9. The van der Waals surface area contributed by atoms with Crippen molar-refractivity contribution in [3.63, 3.8) is 0 Å². The van der Waals surface area contributed by atoms with Crippen LogP contribution in [0.1, 0.15) is 59.7 Å². The maximum Gasteiger partial charge on any atom is 0.338 e. The maximum absolute atomic E-state index is 12.4. The lowest BCUT2D eigenvalue weighted by Gasteiger charge is -2.26. The standard InChI is InChI=1S/C19H26NO4PS2/c1-3-23-25(26,27)24-9-5-8-22-19(21)18-12-17(13-20)16(10-14(18)2)11-15-6-4-7-15/h10,12,15H,3-9,11H2,1-2H3,(H,26,27). The molecular formula is C19H26NO4PS2. The normalized spacial score (nSPS) is 16.2. The second-order valence-corrected chi connectivity index (χ2v) is 11.9. The molecule has 1 atom stereocenters. The molecule has 0 aliphatic heterocycles. The van der Waals surface area contributed by atoms with E-state index in [-0.39, 0.29) is 6.61 Å². The van der Waals surface area contributed by atoms with Crippen LogP contribution in [-0.4, -0.2) is 25.8 Å². The summed E-state index contributed by atoms with van der Waals surface area (Å²) in [4.78, 5) is 12.4. The first kappa shape index (κ1) is 22.4. The van der Waals surface area contributed by atoms with Gasteiger partial charge in [-0.2, -0.15) is 5.26 Å². The Kier molecular flexibility index (Phi) is 8.78. The first-order valence-electron chi connectivity index (χ1n) is 9.19. The van der Waals surface area contributed by atoms with E-state index in [0.29, 0.717) is 36.7 Å². The third-order valence-corrected chi connectivity index (χ3v) is 7.01. The van der Waals surface area contributed by atoms with Gasteiger partial charge in [-0.15, -0.1) is 0 Å². The Morgan fingerprint density at radius 3 is 2.70 bits per heavy atom. The second kappa shape index (κ2) is 10.6. The molecule has 2 rings (SSSR count). The van der Waals surface area contributed by atoms with Crippen LogP contribution in [0.4, 0.5) is 0 Å². The first-order valence-corrected chi connectivity index (χ1v) is 13.0. The minimum Gasteiger partial charge on any atom is -0.462 e. The van der Waals surface area contributed by atoms with Crippen molar-refractivity contribution in [2.75, 3.05) is 19.8 Å². The number of esters is 1. The molecule has 1 aliphatic rings. The van der Waals surface area contributed by atoms with Gasteiger partial charge in [0.15, 0.2) is 0 Å². The molecule has 0 bridgehead atoms. The lowest BCUT2D eigenvalue weighted by Crippen LogP contribution is -2.15. The van der Waals surface area contributed by atoms with Gasteiger partial charge in [0.2, 0.25) is 5.69 Å². The van der Waals surface area contributed by atoms with Gasteiger partial charge in [-0.25, -0.2) is 4.79 Å². The summed E-state index contributed by atoms with van der Waals surface area (Å²) in [6.45, 7) is 4.69. The van der Waals surface area contributed by atoms with E-state index in [0.717, 1.165) is 17.5 Å². The third kappa shape index (κ3) is 6.89. The van der Waals surface area contributed by atoms with Crippen molar-refractivity contribution in [1.82, 2.24) is 0 Å². The van der Waals surface area contributed by atoms with Gasteiger partial charge in [0.05, 0.1) is 37.0 Å². The second-order valence-electron chi connectivity index (χ2n) is 6.65. The molecule has 148 valence electrons. The van der Waals surface area contributed by atoms with Crippen LogP contribution in [0.5, 0.6) is 0 Å². The molecule has 1 saturated carbocycles. The summed E-state index contributed by atoms with van der Waals surface area (Å²) in [7, 11) is 0. The van der Waals surface area contributed by atoms with Crippen molar-refractivity contribution >= 4 is 35.7 Å². The number of carbonyl (C=O) groups is 1.